The number of phenols is 3. The Morgan fingerprint density at radius 3 is 2.15 bits per heavy atom. The Labute approximate surface area is 230 Å². The van der Waals surface area contributed by atoms with E-state index in [4.69, 9.17) is 0 Å². The van der Waals surface area contributed by atoms with Crippen molar-refractivity contribution in [2.75, 3.05) is 54.4 Å². The first-order valence-corrected chi connectivity index (χ1v) is 13.6. The molecular weight excluding hydrogens is 496 g/mol. The van der Waals surface area contributed by atoms with Crippen molar-refractivity contribution in [3.05, 3.63) is 28.8 Å². The van der Waals surface area contributed by atoms with Gasteiger partial charge in [0.05, 0.1) is 11.1 Å². The molecule has 39 heavy (non-hydrogen) atoms. The van der Waals surface area contributed by atoms with Crippen LogP contribution in [0, 0.1) is 6.92 Å². The van der Waals surface area contributed by atoms with E-state index in [2.05, 4.69) is 30.1 Å². The molecule has 10 heteroatoms. The van der Waals surface area contributed by atoms with Crippen molar-refractivity contribution in [2.24, 2.45) is 4.99 Å². The second-order valence-corrected chi connectivity index (χ2v) is 10.5. The van der Waals surface area contributed by atoms with Crippen molar-refractivity contribution < 1.29 is 20.1 Å². The maximum absolute atomic E-state index is 13.0. The Bertz CT molecular complexity index is 1320. The number of carbonyl (C=O) groups is 1. The van der Waals surface area contributed by atoms with Gasteiger partial charge >= 0.3 is 0 Å². The van der Waals surface area contributed by atoms with E-state index in [0.717, 1.165) is 51.6 Å². The van der Waals surface area contributed by atoms with Gasteiger partial charge in [0.15, 0.2) is 0 Å². The maximum Gasteiger partial charge on any atom is 0.253 e. The highest BCUT2D eigenvalue weighted by molar-refractivity contribution is 6.10. The summed E-state index contributed by atoms with van der Waals surface area (Å²) in [6.45, 7) is 4.71. The minimum Gasteiger partial charge on any atom is -0.507 e. The normalized spacial score (nSPS) is 12.0. The zero-order valence-corrected chi connectivity index (χ0v) is 23.8. The van der Waals surface area contributed by atoms with E-state index in [9.17, 15) is 20.1 Å². The molecule has 4 N–H and O–H groups in total. The van der Waals surface area contributed by atoms with Crippen molar-refractivity contribution in [2.45, 2.75) is 45.4 Å². The second kappa shape index (κ2) is 14.0. The van der Waals surface area contributed by atoms with Gasteiger partial charge in [-0.3, -0.25) is 9.79 Å². The van der Waals surface area contributed by atoms with Gasteiger partial charge in [0.1, 0.15) is 39.3 Å². The van der Waals surface area contributed by atoms with Gasteiger partial charge < -0.3 is 30.4 Å². The van der Waals surface area contributed by atoms with Crippen LogP contribution in [0.1, 0.15) is 60.0 Å². The van der Waals surface area contributed by atoms with E-state index in [1.807, 2.05) is 28.2 Å². The Morgan fingerprint density at radius 1 is 0.846 bits per heavy atom. The molecule has 1 heterocycles. The zero-order chi connectivity index (χ0) is 28.5. The van der Waals surface area contributed by atoms with Gasteiger partial charge in [-0.2, -0.15) is 0 Å². The Balaban J connectivity index is 1.88. The third-order valence-corrected chi connectivity index (χ3v) is 6.67. The number of amides is 1. The standard InChI is InChI=1S/C29H42N6O4/c1-19-27(37)21(18-30-14-8-6-10-16-34(2)3)24-26(28(19)38)33-23-20(12-13-22(36)25(23)32-24)29(39)31-15-9-7-11-17-35(4)5/h12-13,18,36-38H,6-11,14-17H2,1-5H3,(H,31,39). The number of unbranched alkanes of at least 4 members (excludes halogenated alkanes) is 4. The molecule has 0 aliphatic rings. The molecule has 0 unspecified atom stereocenters. The summed E-state index contributed by atoms with van der Waals surface area (Å²) < 4.78 is 0. The molecule has 3 aromatic rings. The summed E-state index contributed by atoms with van der Waals surface area (Å²) in [6.07, 6.45) is 7.46. The average Bonchev–Trinajstić information content (AvgIpc) is 2.89. The summed E-state index contributed by atoms with van der Waals surface area (Å²) in [5.41, 5.74) is 1.44. The van der Waals surface area contributed by atoms with Crippen LogP contribution < -0.4 is 5.32 Å². The largest absolute Gasteiger partial charge is 0.507 e. The fourth-order valence-electron chi connectivity index (χ4n) is 4.37. The second-order valence-electron chi connectivity index (χ2n) is 10.5. The lowest BCUT2D eigenvalue weighted by atomic mass is 10.0. The molecule has 0 spiro atoms. The summed E-state index contributed by atoms with van der Waals surface area (Å²) >= 11 is 0. The number of nitrogens with zero attached hydrogens (tertiary/aromatic N) is 5. The Hall–Kier alpha value is -3.50. The number of aromatic hydroxyl groups is 3. The summed E-state index contributed by atoms with van der Waals surface area (Å²) in [5.74, 6) is -0.851. The van der Waals surface area contributed by atoms with Crippen LogP contribution in [0.4, 0.5) is 0 Å². The molecule has 1 amide bonds. The van der Waals surface area contributed by atoms with Crippen LogP contribution in [0.5, 0.6) is 17.2 Å². The summed E-state index contributed by atoms with van der Waals surface area (Å²) in [5, 5.41) is 35.1. The number of aromatic nitrogens is 2. The summed E-state index contributed by atoms with van der Waals surface area (Å²) in [7, 11) is 8.17. The predicted molar refractivity (Wildman–Crippen MR) is 156 cm³/mol. The number of benzene rings is 2. The smallest absolute Gasteiger partial charge is 0.253 e. The van der Waals surface area contributed by atoms with Crippen molar-refractivity contribution in [1.29, 1.82) is 0 Å². The number of fused-ring (bicyclic) bond motifs is 2. The molecule has 0 bridgehead atoms. The summed E-state index contributed by atoms with van der Waals surface area (Å²) in [6, 6.07) is 2.91. The molecular formula is C29H42N6O4. The predicted octanol–water partition coefficient (Wildman–Crippen LogP) is 3.82. The molecule has 1 aromatic heterocycles. The maximum atomic E-state index is 13.0. The molecule has 0 saturated heterocycles. The van der Waals surface area contributed by atoms with E-state index in [1.165, 1.54) is 12.1 Å². The van der Waals surface area contributed by atoms with E-state index >= 15 is 0 Å². The van der Waals surface area contributed by atoms with E-state index in [0.29, 0.717) is 18.7 Å². The number of rotatable bonds is 14. The highest BCUT2D eigenvalue weighted by atomic mass is 16.3. The van der Waals surface area contributed by atoms with Gasteiger partial charge in [-0.05, 0) is 86.0 Å². The number of hydrogen-bond donors (Lipinski definition) is 4. The number of nitrogens with one attached hydrogen (secondary N) is 1. The van der Waals surface area contributed by atoms with Crippen molar-refractivity contribution in [3.63, 3.8) is 0 Å². The van der Waals surface area contributed by atoms with Gasteiger partial charge in [-0.25, -0.2) is 9.97 Å². The van der Waals surface area contributed by atoms with Gasteiger partial charge in [0.2, 0.25) is 0 Å². The van der Waals surface area contributed by atoms with Gasteiger partial charge in [-0.1, -0.05) is 12.8 Å². The van der Waals surface area contributed by atoms with Crippen molar-refractivity contribution >= 4 is 34.2 Å². The van der Waals surface area contributed by atoms with E-state index in [1.54, 1.807) is 13.1 Å². The number of aliphatic imine (C=N–C) groups is 1. The highest BCUT2D eigenvalue weighted by Gasteiger charge is 2.22. The third-order valence-electron chi connectivity index (χ3n) is 6.67. The molecule has 10 nitrogen and oxygen atoms in total. The molecule has 3 rings (SSSR count). The lowest BCUT2D eigenvalue weighted by molar-refractivity contribution is 0.0954. The van der Waals surface area contributed by atoms with Crippen molar-refractivity contribution in [1.82, 2.24) is 25.1 Å². The Morgan fingerprint density at radius 2 is 1.49 bits per heavy atom. The quantitative estimate of drug-likeness (QED) is 0.138. The SMILES string of the molecule is Cc1c(O)c(C=NCCCCCN(C)C)c2nc3c(O)ccc(C(=O)NCCCCCN(C)C)c3nc2c1O. The monoisotopic (exact) mass is 538 g/mol. The highest BCUT2D eigenvalue weighted by Crippen LogP contribution is 2.38. The van der Waals surface area contributed by atoms with Crippen LogP contribution in [0.15, 0.2) is 17.1 Å². The fourth-order valence-corrected chi connectivity index (χ4v) is 4.37. The first-order valence-electron chi connectivity index (χ1n) is 13.6. The first kappa shape index (κ1) is 30.0. The minimum atomic E-state index is -0.327. The third kappa shape index (κ3) is 7.77. The summed E-state index contributed by atoms with van der Waals surface area (Å²) in [4.78, 5) is 30.9. The van der Waals surface area contributed by atoms with Crippen LogP contribution in [-0.4, -0.2) is 102 Å². The molecule has 0 saturated carbocycles. The van der Waals surface area contributed by atoms with Crippen LogP contribution in [0.3, 0.4) is 0 Å². The lowest BCUT2D eigenvalue weighted by Gasteiger charge is -2.13. The topological polar surface area (TPSA) is 134 Å². The van der Waals surface area contributed by atoms with E-state index < -0.39 is 0 Å². The van der Waals surface area contributed by atoms with Crippen LogP contribution in [-0.2, 0) is 0 Å². The average molecular weight is 539 g/mol. The van der Waals surface area contributed by atoms with Crippen molar-refractivity contribution in [3.8, 4) is 17.2 Å². The van der Waals surface area contributed by atoms with E-state index in [-0.39, 0.29) is 56.3 Å². The molecule has 0 atom stereocenters. The number of phenolic OH excluding ortho intramolecular Hbond substituents is 3. The molecule has 0 fully saturated rings. The number of hydrogen-bond acceptors (Lipinski definition) is 9. The molecule has 2 aromatic carbocycles. The molecule has 212 valence electrons. The first-order chi connectivity index (χ1) is 18.6. The minimum absolute atomic E-state index is 0.113. The van der Waals surface area contributed by atoms with Crippen LogP contribution in [0.2, 0.25) is 0 Å². The van der Waals surface area contributed by atoms with Crippen LogP contribution in [0.25, 0.3) is 22.1 Å². The molecule has 0 aliphatic carbocycles. The van der Waals surface area contributed by atoms with Gasteiger partial charge in [0, 0.05) is 24.9 Å². The fraction of sp³-hybridized carbons (Fsp3) is 0.517. The lowest BCUT2D eigenvalue weighted by Crippen LogP contribution is -2.25. The van der Waals surface area contributed by atoms with Crippen LogP contribution >= 0.6 is 0 Å². The Kier molecular flexibility index (Phi) is 10.8. The molecule has 0 radical (unpaired) electrons. The number of carbonyl (C=O) groups excluding carboxylic acids is 1. The molecule has 0 aliphatic heterocycles. The van der Waals surface area contributed by atoms with Gasteiger partial charge in [0.25, 0.3) is 5.91 Å². The zero-order valence-electron chi connectivity index (χ0n) is 23.8. The van der Waals surface area contributed by atoms with Gasteiger partial charge in [-0.15, -0.1) is 0 Å².